The third-order valence-electron chi connectivity index (χ3n) is 9.17. The van der Waals surface area contributed by atoms with Crippen LogP contribution in [0.3, 0.4) is 0 Å². The van der Waals surface area contributed by atoms with Gasteiger partial charge in [0.15, 0.2) is 5.75 Å². The van der Waals surface area contributed by atoms with E-state index in [-0.39, 0.29) is 10.8 Å². The Hall–Kier alpha value is -4.05. The highest BCUT2D eigenvalue weighted by molar-refractivity contribution is 6.12. The quantitative estimate of drug-likeness (QED) is 0.268. The van der Waals surface area contributed by atoms with Crippen molar-refractivity contribution >= 4 is 33.5 Å². The van der Waals surface area contributed by atoms with E-state index >= 15 is 0 Å². The summed E-state index contributed by atoms with van der Waals surface area (Å²) < 4.78 is 7.34. The first-order valence-corrected chi connectivity index (χ1v) is 13.4. The lowest BCUT2D eigenvalue weighted by Gasteiger charge is -2.48. The molecule has 0 aromatic heterocycles. The van der Waals surface area contributed by atoms with E-state index < -0.39 is 5.72 Å². The summed E-state index contributed by atoms with van der Waals surface area (Å²) in [5.74, 6) is 0.848. The van der Waals surface area contributed by atoms with Crippen molar-refractivity contribution in [1.29, 1.82) is 0 Å². The van der Waals surface area contributed by atoms with Crippen molar-refractivity contribution in [1.82, 2.24) is 0 Å². The fourth-order valence-corrected chi connectivity index (χ4v) is 7.10. The summed E-state index contributed by atoms with van der Waals surface area (Å²) in [6.07, 6.45) is 2.29. The van der Waals surface area contributed by atoms with Crippen LogP contribution in [0.1, 0.15) is 38.8 Å². The molecule has 3 aliphatic rings. The number of fused-ring (bicyclic) bond motifs is 5. The molecule has 1 unspecified atom stereocenters. The van der Waals surface area contributed by atoms with Gasteiger partial charge in [-0.1, -0.05) is 80.6 Å². The number of ether oxygens (including phenoxy) is 1. The third kappa shape index (κ3) is 2.73. The SMILES string of the molecule is CN1/C(=C\C2=Nc3ccc4ccccc4c3OC23N(C)c2ccccc2C3(C)C)C(C)(C)c2ccccc21. The number of rotatable bonds is 1. The Kier molecular flexibility index (Phi) is 4.56. The van der Waals surface area contributed by atoms with E-state index in [0.717, 1.165) is 27.9 Å². The highest BCUT2D eigenvalue weighted by Crippen LogP contribution is 2.57. The zero-order chi connectivity index (χ0) is 26.4. The molecule has 0 amide bonds. The molecule has 0 radical (unpaired) electrons. The zero-order valence-corrected chi connectivity index (χ0v) is 22.9. The summed E-state index contributed by atoms with van der Waals surface area (Å²) in [6, 6.07) is 30.0. The van der Waals surface area contributed by atoms with Crippen molar-refractivity contribution in [3.63, 3.8) is 0 Å². The van der Waals surface area contributed by atoms with E-state index in [1.807, 2.05) is 0 Å². The van der Waals surface area contributed by atoms with Crippen molar-refractivity contribution < 1.29 is 4.74 Å². The number of allylic oxidation sites excluding steroid dienone is 1. The van der Waals surface area contributed by atoms with Gasteiger partial charge in [-0.15, -0.1) is 0 Å². The summed E-state index contributed by atoms with van der Waals surface area (Å²) in [5, 5.41) is 2.24. The second kappa shape index (κ2) is 7.50. The molecule has 4 aromatic rings. The Bertz CT molecular complexity index is 1700. The number of para-hydroxylation sites is 2. The van der Waals surface area contributed by atoms with Crippen LogP contribution in [0.15, 0.2) is 102 Å². The van der Waals surface area contributed by atoms with E-state index in [1.54, 1.807) is 0 Å². The lowest BCUT2D eigenvalue weighted by Crippen LogP contribution is -2.64. The topological polar surface area (TPSA) is 28.1 Å². The largest absolute Gasteiger partial charge is 0.458 e. The average Bonchev–Trinajstić information content (AvgIpc) is 3.22. The van der Waals surface area contributed by atoms with Gasteiger partial charge < -0.3 is 14.5 Å². The van der Waals surface area contributed by atoms with Gasteiger partial charge in [0.2, 0.25) is 5.72 Å². The van der Waals surface area contributed by atoms with Crippen molar-refractivity contribution in [2.24, 2.45) is 4.99 Å². The van der Waals surface area contributed by atoms with Crippen LogP contribution >= 0.6 is 0 Å². The summed E-state index contributed by atoms with van der Waals surface area (Å²) in [7, 11) is 4.31. The Morgan fingerprint density at radius 1 is 0.737 bits per heavy atom. The van der Waals surface area contributed by atoms with E-state index in [4.69, 9.17) is 9.73 Å². The average molecular weight is 500 g/mol. The molecule has 38 heavy (non-hydrogen) atoms. The summed E-state index contributed by atoms with van der Waals surface area (Å²) >= 11 is 0. The van der Waals surface area contributed by atoms with Crippen LogP contribution in [-0.2, 0) is 10.8 Å². The second-order valence-electron chi connectivity index (χ2n) is 11.8. The molecule has 0 aliphatic carbocycles. The van der Waals surface area contributed by atoms with Crippen molar-refractivity contribution in [2.45, 2.75) is 44.2 Å². The van der Waals surface area contributed by atoms with E-state index in [0.29, 0.717) is 0 Å². The summed E-state index contributed by atoms with van der Waals surface area (Å²) in [4.78, 5) is 10.1. The van der Waals surface area contributed by atoms with Gasteiger partial charge in [0.05, 0.1) is 5.41 Å². The van der Waals surface area contributed by atoms with Crippen LogP contribution in [0.2, 0.25) is 0 Å². The fraction of sp³-hybridized carbons (Fsp3) is 0.265. The monoisotopic (exact) mass is 499 g/mol. The normalized spacial score (nSPS) is 23.3. The van der Waals surface area contributed by atoms with Gasteiger partial charge in [0, 0.05) is 42.0 Å². The predicted octanol–water partition coefficient (Wildman–Crippen LogP) is 7.74. The molecule has 0 saturated carbocycles. The minimum atomic E-state index is -0.827. The molecular weight excluding hydrogens is 466 g/mol. The third-order valence-corrected chi connectivity index (χ3v) is 9.17. The molecular formula is C34H33N3O. The number of aliphatic imine (C=N–C) groups is 1. The number of benzene rings is 4. The molecule has 1 spiro atoms. The molecule has 190 valence electrons. The molecule has 0 saturated heterocycles. The first-order chi connectivity index (χ1) is 18.2. The van der Waals surface area contributed by atoms with E-state index in [1.165, 1.54) is 28.2 Å². The predicted molar refractivity (Wildman–Crippen MR) is 158 cm³/mol. The maximum Gasteiger partial charge on any atom is 0.235 e. The number of hydrogen-bond donors (Lipinski definition) is 0. The molecule has 4 heteroatoms. The standard InChI is InChI=1S/C34H33N3O/c1-32(2)24-15-9-11-17-27(24)36(5)30(32)21-29-34(33(3,4)25-16-10-12-18-28(25)37(34)6)38-31-23-14-8-7-13-22(23)19-20-26(31)35-29/h7-21H,1-6H3/b30-21-. The molecule has 1 atom stereocenters. The van der Waals surface area contributed by atoms with Gasteiger partial charge in [0.1, 0.15) is 11.4 Å². The van der Waals surface area contributed by atoms with Crippen LogP contribution in [0.4, 0.5) is 17.1 Å². The van der Waals surface area contributed by atoms with Gasteiger partial charge in [-0.25, -0.2) is 4.99 Å². The Morgan fingerprint density at radius 2 is 1.39 bits per heavy atom. The molecule has 4 nitrogen and oxygen atoms in total. The van der Waals surface area contributed by atoms with Crippen LogP contribution in [0, 0.1) is 0 Å². The fourth-order valence-electron chi connectivity index (χ4n) is 7.10. The van der Waals surface area contributed by atoms with Gasteiger partial charge in [-0.3, -0.25) is 0 Å². The number of likely N-dealkylation sites (N-methyl/N-ethyl adjacent to an activating group) is 2. The maximum atomic E-state index is 7.34. The highest BCUT2D eigenvalue weighted by Gasteiger charge is 2.62. The van der Waals surface area contributed by atoms with Crippen LogP contribution < -0.4 is 14.5 Å². The van der Waals surface area contributed by atoms with Crippen molar-refractivity contribution in [3.8, 4) is 5.75 Å². The van der Waals surface area contributed by atoms with Crippen LogP contribution in [-0.4, -0.2) is 25.5 Å². The van der Waals surface area contributed by atoms with Crippen molar-refractivity contribution in [2.75, 3.05) is 23.9 Å². The smallest absolute Gasteiger partial charge is 0.235 e. The van der Waals surface area contributed by atoms with Gasteiger partial charge in [0.25, 0.3) is 0 Å². The molecule has 0 bridgehead atoms. The first kappa shape index (κ1) is 23.1. The molecule has 0 fully saturated rings. The lowest BCUT2D eigenvalue weighted by molar-refractivity contribution is 0.0799. The Labute approximate surface area is 224 Å². The maximum absolute atomic E-state index is 7.34. The Morgan fingerprint density at radius 3 is 2.13 bits per heavy atom. The molecule has 3 aliphatic heterocycles. The number of nitrogens with zero attached hydrogens (tertiary/aromatic N) is 3. The Balaban J connectivity index is 1.52. The number of hydrogen-bond acceptors (Lipinski definition) is 4. The van der Waals surface area contributed by atoms with E-state index in [9.17, 15) is 0 Å². The molecule has 3 heterocycles. The van der Waals surface area contributed by atoms with Crippen molar-refractivity contribution in [3.05, 3.63) is 108 Å². The van der Waals surface area contributed by atoms with Crippen LogP contribution in [0.25, 0.3) is 10.8 Å². The summed E-state index contributed by atoms with van der Waals surface area (Å²) in [6.45, 7) is 9.19. The molecule has 7 rings (SSSR count). The second-order valence-corrected chi connectivity index (χ2v) is 11.8. The lowest BCUT2D eigenvalue weighted by atomic mass is 9.73. The highest BCUT2D eigenvalue weighted by atomic mass is 16.5. The van der Waals surface area contributed by atoms with Gasteiger partial charge >= 0.3 is 0 Å². The zero-order valence-electron chi connectivity index (χ0n) is 22.9. The van der Waals surface area contributed by atoms with Gasteiger partial charge in [-0.05, 0) is 54.6 Å². The van der Waals surface area contributed by atoms with Gasteiger partial charge in [-0.2, -0.15) is 0 Å². The molecule has 4 aromatic carbocycles. The first-order valence-electron chi connectivity index (χ1n) is 13.4. The molecule has 0 N–H and O–H groups in total. The summed E-state index contributed by atoms with van der Waals surface area (Å²) in [5.41, 5.74) is 6.64. The van der Waals surface area contributed by atoms with E-state index in [2.05, 4.69) is 143 Å². The van der Waals surface area contributed by atoms with Crippen LogP contribution in [0.5, 0.6) is 5.75 Å². The minimum absolute atomic E-state index is 0.174. The number of anilines is 2. The minimum Gasteiger partial charge on any atom is -0.458 e.